The maximum Gasteiger partial charge on any atom is 0.236 e. The summed E-state index contributed by atoms with van der Waals surface area (Å²) >= 11 is 0. The largest absolute Gasteiger partial charge is 0.339 e. The molecule has 1 atom stereocenters. The average molecular weight is 250 g/mol. The fraction of sp³-hybridized carbons (Fsp3) is 0.786. The van der Waals surface area contributed by atoms with Crippen molar-refractivity contribution in [1.29, 1.82) is 0 Å². The summed E-state index contributed by atoms with van der Waals surface area (Å²) in [5.74, 6) is 1.49. The van der Waals surface area contributed by atoms with Gasteiger partial charge in [0.15, 0.2) is 5.82 Å². The third-order valence-electron chi connectivity index (χ3n) is 3.91. The molecule has 1 aliphatic rings. The zero-order valence-corrected chi connectivity index (χ0v) is 11.3. The molecule has 1 aliphatic carbocycles. The second-order valence-corrected chi connectivity index (χ2v) is 5.37. The van der Waals surface area contributed by atoms with Crippen molar-refractivity contribution in [2.75, 3.05) is 0 Å². The summed E-state index contributed by atoms with van der Waals surface area (Å²) in [7, 11) is 0. The van der Waals surface area contributed by atoms with E-state index in [4.69, 9.17) is 4.52 Å². The van der Waals surface area contributed by atoms with Crippen LogP contribution in [0.25, 0.3) is 0 Å². The van der Waals surface area contributed by atoms with Gasteiger partial charge in [0.1, 0.15) is 5.78 Å². The summed E-state index contributed by atoms with van der Waals surface area (Å²) in [4.78, 5) is 15.7. The molecule has 2 rings (SSSR count). The Hall–Kier alpha value is -1.19. The van der Waals surface area contributed by atoms with E-state index in [0.29, 0.717) is 11.8 Å². The molecule has 100 valence electrons. The molecule has 0 bridgehead atoms. The van der Waals surface area contributed by atoms with Crippen LogP contribution in [0.2, 0.25) is 0 Å². The number of carbonyl (C=O) groups excluding carboxylic acids is 1. The molecule has 1 aromatic rings. The first-order chi connectivity index (χ1) is 8.68. The summed E-state index contributed by atoms with van der Waals surface area (Å²) in [6, 6.07) is 0. The number of carbonyl (C=O) groups is 1. The van der Waals surface area contributed by atoms with Gasteiger partial charge in [-0.3, -0.25) is 4.79 Å². The second kappa shape index (κ2) is 6.12. The lowest BCUT2D eigenvalue weighted by Crippen LogP contribution is -2.07. The van der Waals surface area contributed by atoms with Crippen molar-refractivity contribution >= 4 is 5.78 Å². The van der Waals surface area contributed by atoms with Crippen molar-refractivity contribution in [3.63, 3.8) is 0 Å². The lowest BCUT2D eigenvalue weighted by atomic mass is 9.91. The minimum absolute atomic E-state index is 0.0721. The first kappa shape index (κ1) is 13.2. The van der Waals surface area contributed by atoms with Crippen LogP contribution >= 0.6 is 0 Å². The summed E-state index contributed by atoms with van der Waals surface area (Å²) in [6.07, 6.45) is 8.76. The predicted octanol–water partition coefficient (Wildman–Crippen LogP) is 3.59. The minimum Gasteiger partial charge on any atom is -0.339 e. The van der Waals surface area contributed by atoms with Gasteiger partial charge < -0.3 is 4.52 Å². The van der Waals surface area contributed by atoms with Crippen molar-refractivity contribution in [1.82, 2.24) is 10.1 Å². The zero-order chi connectivity index (χ0) is 13.0. The smallest absolute Gasteiger partial charge is 0.236 e. The number of rotatable bonds is 3. The Bertz CT molecular complexity index is 392. The van der Waals surface area contributed by atoms with Gasteiger partial charge in [-0.25, -0.2) is 0 Å². The molecule has 0 aromatic carbocycles. The van der Waals surface area contributed by atoms with Gasteiger partial charge in [0.25, 0.3) is 0 Å². The number of hydrogen-bond acceptors (Lipinski definition) is 4. The van der Waals surface area contributed by atoms with E-state index in [1.807, 2.05) is 6.92 Å². The molecule has 1 saturated carbocycles. The quantitative estimate of drug-likeness (QED) is 0.822. The maximum atomic E-state index is 11.3. The number of hydrogen-bond donors (Lipinski definition) is 0. The highest BCUT2D eigenvalue weighted by Crippen LogP contribution is 2.29. The predicted molar refractivity (Wildman–Crippen MR) is 68.5 cm³/mol. The molecule has 0 aliphatic heterocycles. The molecular formula is C14H22N2O2. The Morgan fingerprint density at radius 2 is 1.83 bits per heavy atom. The van der Waals surface area contributed by atoms with Gasteiger partial charge in [-0.15, -0.1) is 0 Å². The van der Waals surface area contributed by atoms with Crippen LogP contribution in [0.15, 0.2) is 4.52 Å². The number of Topliss-reactive ketones (excluding diaryl/α,β-unsaturated/α-hetero) is 1. The van der Waals surface area contributed by atoms with Crippen LogP contribution in [0.5, 0.6) is 0 Å². The van der Waals surface area contributed by atoms with Gasteiger partial charge in [0.05, 0.1) is 5.92 Å². The maximum absolute atomic E-state index is 11.3. The SMILES string of the molecule is CC(=O)C(C)c1nc(C2CCCCCCC2)no1. The van der Waals surface area contributed by atoms with Gasteiger partial charge in [-0.05, 0) is 26.7 Å². The number of nitrogens with zero attached hydrogens (tertiary/aromatic N) is 2. The third-order valence-corrected chi connectivity index (χ3v) is 3.91. The molecule has 0 spiro atoms. The van der Waals surface area contributed by atoms with Crippen LogP contribution in [0.1, 0.15) is 82.3 Å². The van der Waals surface area contributed by atoms with E-state index in [0.717, 1.165) is 18.7 Å². The van der Waals surface area contributed by atoms with E-state index in [1.54, 1.807) is 6.92 Å². The summed E-state index contributed by atoms with van der Waals surface area (Å²) < 4.78 is 5.23. The molecule has 0 N–H and O–H groups in total. The molecule has 0 amide bonds. The Morgan fingerprint density at radius 1 is 1.22 bits per heavy atom. The third kappa shape index (κ3) is 3.18. The molecule has 1 aromatic heterocycles. The summed E-state index contributed by atoms with van der Waals surface area (Å²) in [6.45, 7) is 3.38. The molecule has 1 unspecified atom stereocenters. The monoisotopic (exact) mass is 250 g/mol. The van der Waals surface area contributed by atoms with E-state index >= 15 is 0 Å². The molecule has 0 saturated heterocycles. The van der Waals surface area contributed by atoms with Crippen molar-refractivity contribution in [2.45, 2.75) is 70.6 Å². The van der Waals surface area contributed by atoms with Crippen LogP contribution in [-0.4, -0.2) is 15.9 Å². The highest BCUT2D eigenvalue weighted by atomic mass is 16.5. The van der Waals surface area contributed by atoms with E-state index in [9.17, 15) is 4.79 Å². The van der Waals surface area contributed by atoms with Crippen LogP contribution in [0, 0.1) is 0 Å². The lowest BCUT2D eigenvalue weighted by molar-refractivity contribution is -0.118. The second-order valence-electron chi connectivity index (χ2n) is 5.37. The van der Waals surface area contributed by atoms with Crippen LogP contribution in [0.4, 0.5) is 0 Å². The lowest BCUT2D eigenvalue weighted by Gasteiger charge is -2.15. The number of aromatic nitrogens is 2. The van der Waals surface area contributed by atoms with Crippen molar-refractivity contribution < 1.29 is 9.32 Å². The van der Waals surface area contributed by atoms with Crippen molar-refractivity contribution in [2.24, 2.45) is 0 Å². The minimum atomic E-state index is -0.278. The van der Waals surface area contributed by atoms with Gasteiger partial charge >= 0.3 is 0 Å². The topological polar surface area (TPSA) is 56.0 Å². The Labute approximate surface area is 108 Å². The standard InChI is InChI=1S/C14H22N2O2/c1-10(11(2)17)14-15-13(16-18-14)12-8-6-4-3-5-7-9-12/h10,12H,3-9H2,1-2H3. The molecule has 1 heterocycles. The first-order valence-corrected chi connectivity index (χ1v) is 7.02. The Balaban J connectivity index is 2.05. The molecule has 4 nitrogen and oxygen atoms in total. The van der Waals surface area contributed by atoms with Gasteiger partial charge in [-0.2, -0.15) is 4.98 Å². The van der Waals surface area contributed by atoms with Crippen LogP contribution in [0.3, 0.4) is 0 Å². The van der Waals surface area contributed by atoms with Gasteiger partial charge in [-0.1, -0.05) is 37.3 Å². The molecule has 4 heteroatoms. The Kier molecular flexibility index (Phi) is 4.50. The van der Waals surface area contributed by atoms with E-state index in [-0.39, 0.29) is 11.7 Å². The fourth-order valence-corrected chi connectivity index (χ4v) is 2.48. The molecule has 0 radical (unpaired) electrons. The van der Waals surface area contributed by atoms with Crippen LogP contribution in [-0.2, 0) is 4.79 Å². The normalized spacial score (nSPS) is 20.1. The fourth-order valence-electron chi connectivity index (χ4n) is 2.48. The van der Waals surface area contributed by atoms with E-state index in [1.165, 1.54) is 32.1 Å². The van der Waals surface area contributed by atoms with E-state index < -0.39 is 0 Å². The first-order valence-electron chi connectivity index (χ1n) is 7.02. The highest BCUT2D eigenvalue weighted by molar-refractivity contribution is 5.81. The van der Waals surface area contributed by atoms with E-state index in [2.05, 4.69) is 10.1 Å². The average Bonchev–Trinajstić information content (AvgIpc) is 2.76. The molecule has 18 heavy (non-hydrogen) atoms. The van der Waals surface area contributed by atoms with Crippen LogP contribution < -0.4 is 0 Å². The Morgan fingerprint density at radius 3 is 2.44 bits per heavy atom. The highest BCUT2D eigenvalue weighted by Gasteiger charge is 2.23. The van der Waals surface area contributed by atoms with Crippen molar-refractivity contribution in [3.05, 3.63) is 11.7 Å². The number of ketones is 1. The van der Waals surface area contributed by atoms with Gasteiger partial charge in [0.2, 0.25) is 5.89 Å². The summed E-state index contributed by atoms with van der Waals surface area (Å²) in [5, 5.41) is 4.08. The summed E-state index contributed by atoms with van der Waals surface area (Å²) in [5.41, 5.74) is 0. The molecule has 1 fully saturated rings. The van der Waals surface area contributed by atoms with Gasteiger partial charge in [0, 0.05) is 5.92 Å². The zero-order valence-electron chi connectivity index (χ0n) is 11.3. The van der Waals surface area contributed by atoms with Crippen molar-refractivity contribution in [3.8, 4) is 0 Å². The molecular weight excluding hydrogens is 228 g/mol.